The summed E-state index contributed by atoms with van der Waals surface area (Å²) in [5.74, 6) is 1.07. The zero-order chi connectivity index (χ0) is 11.3. The Hall–Kier alpha value is -0.960. The fourth-order valence-electron chi connectivity index (χ4n) is 1.23. The molecule has 0 heterocycles. The predicted octanol–water partition coefficient (Wildman–Crippen LogP) is 2.40. The maximum absolute atomic E-state index is 11.6. The molecule has 1 atom stereocenters. The molecule has 0 radical (unpaired) electrons. The van der Waals surface area contributed by atoms with Gasteiger partial charge in [-0.3, -0.25) is 4.79 Å². The smallest absolute Gasteiger partial charge is 0.234 e. The Morgan fingerprint density at radius 3 is 2.47 bits per heavy atom. The average Bonchev–Trinajstić information content (AvgIpc) is 2.26. The van der Waals surface area contributed by atoms with Crippen LogP contribution in [0.5, 0.6) is 0 Å². The fraction of sp³-hybridized carbons (Fsp3) is 0.417. The van der Waals surface area contributed by atoms with Crippen LogP contribution in [0, 0.1) is 0 Å². The Balaban J connectivity index is 2.41. The fourth-order valence-corrected chi connectivity index (χ4v) is 2.22. The first-order valence-corrected chi connectivity index (χ1v) is 6.03. The van der Waals surface area contributed by atoms with Crippen LogP contribution in [0.3, 0.4) is 0 Å². The highest BCUT2D eigenvalue weighted by atomic mass is 32.2. The van der Waals surface area contributed by atoms with Gasteiger partial charge in [0, 0.05) is 19.8 Å². The lowest BCUT2D eigenvalue weighted by Crippen LogP contribution is -2.29. The van der Waals surface area contributed by atoms with E-state index in [1.54, 1.807) is 30.8 Å². The zero-order valence-corrected chi connectivity index (χ0v) is 10.3. The van der Waals surface area contributed by atoms with Gasteiger partial charge in [-0.25, -0.2) is 0 Å². The molecule has 0 bridgehead atoms. The van der Waals surface area contributed by atoms with Crippen molar-refractivity contribution >= 4 is 17.7 Å². The van der Waals surface area contributed by atoms with Crippen molar-refractivity contribution in [2.45, 2.75) is 17.9 Å². The first kappa shape index (κ1) is 12.1. The van der Waals surface area contributed by atoms with E-state index in [1.807, 2.05) is 25.1 Å². The predicted molar refractivity (Wildman–Crippen MR) is 65.9 cm³/mol. The normalized spacial score (nSPS) is 12.2. The molecule has 1 aromatic rings. The van der Waals surface area contributed by atoms with Crippen LogP contribution in [0.4, 0.5) is 0 Å². The van der Waals surface area contributed by atoms with Crippen LogP contribution < -0.4 is 0 Å². The summed E-state index contributed by atoms with van der Waals surface area (Å²) in [6.07, 6.45) is 0. The van der Waals surface area contributed by atoms with Crippen molar-refractivity contribution in [3.05, 3.63) is 35.9 Å². The van der Waals surface area contributed by atoms with E-state index in [2.05, 4.69) is 12.1 Å². The largest absolute Gasteiger partial charge is 0.348 e. The van der Waals surface area contributed by atoms with Crippen LogP contribution in [0.25, 0.3) is 0 Å². The molecule has 0 saturated heterocycles. The van der Waals surface area contributed by atoms with Crippen LogP contribution in [-0.2, 0) is 10.5 Å². The van der Waals surface area contributed by atoms with Gasteiger partial charge in [0.1, 0.15) is 0 Å². The lowest BCUT2D eigenvalue weighted by Gasteiger charge is -2.16. The maximum Gasteiger partial charge on any atom is 0.234 e. The molecule has 0 aliphatic rings. The minimum atomic E-state index is 0.0280. The first-order valence-electron chi connectivity index (χ1n) is 4.98. The number of carbonyl (C=O) groups is 1. The molecule has 0 saturated carbocycles. The molecular weight excluding hydrogens is 206 g/mol. The van der Waals surface area contributed by atoms with Crippen molar-refractivity contribution in [2.75, 3.05) is 14.1 Å². The van der Waals surface area contributed by atoms with E-state index in [0.29, 0.717) is 0 Å². The van der Waals surface area contributed by atoms with Gasteiger partial charge in [-0.15, -0.1) is 11.8 Å². The third kappa shape index (κ3) is 3.96. The van der Waals surface area contributed by atoms with E-state index in [1.165, 1.54) is 5.56 Å². The molecule has 1 rings (SSSR count). The first-order chi connectivity index (χ1) is 7.11. The summed E-state index contributed by atoms with van der Waals surface area (Å²) >= 11 is 1.67. The van der Waals surface area contributed by atoms with Gasteiger partial charge in [-0.05, 0) is 12.5 Å². The van der Waals surface area contributed by atoms with E-state index < -0.39 is 0 Å². The highest BCUT2D eigenvalue weighted by Gasteiger charge is 2.14. The topological polar surface area (TPSA) is 20.3 Å². The van der Waals surface area contributed by atoms with Gasteiger partial charge >= 0.3 is 0 Å². The lowest BCUT2D eigenvalue weighted by atomic mass is 10.2. The van der Waals surface area contributed by atoms with Crippen LogP contribution in [0.2, 0.25) is 0 Å². The Labute approximate surface area is 95.7 Å². The molecule has 0 aromatic heterocycles. The van der Waals surface area contributed by atoms with E-state index >= 15 is 0 Å². The van der Waals surface area contributed by atoms with E-state index in [0.717, 1.165) is 5.75 Å². The van der Waals surface area contributed by atoms with Crippen LogP contribution in [0.1, 0.15) is 12.5 Å². The average molecular weight is 223 g/mol. The van der Waals surface area contributed by atoms with Gasteiger partial charge < -0.3 is 4.90 Å². The number of hydrogen-bond donors (Lipinski definition) is 0. The number of nitrogens with zero attached hydrogens (tertiary/aromatic N) is 1. The van der Waals surface area contributed by atoms with Gasteiger partial charge in [0.05, 0.1) is 5.25 Å². The standard InChI is InChI=1S/C12H17NOS/c1-10(12(14)13(2)3)15-9-11-7-5-4-6-8-11/h4-8,10H,9H2,1-3H3/t10-/m0/s1. The second kappa shape index (κ2) is 5.81. The molecule has 15 heavy (non-hydrogen) atoms. The third-order valence-corrected chi connectivity index (χ3v) is 3.33. The third-order valence-electron chi connectivity index (χ3n) is 2.13. The van der Waals surface area contributed by atoms with Crippen LogP contribution >= 0.6 is 11.8 Å². The Morgan fingerprint density at radius 2 is 1.93 bits per heavy atom. The summed E-state index contributed by atoms with van der Waals surface area (Å²) in [4.78, 5) is 13.2. The highest BCUT2D eigenvalue weighted by molar-refractivity contribution is 7.99. The summed E-state index contributed by atoms with van der Waals surface area (Å²) in [6, 6.07) is 10.2. The van der Waals surface area contributed by atoms with Crippen molar-refractivity contribution in [2.24, 2.45) is 0 Å². The van der Waals surface area contributed by atoms with Crippen molar-refractivity contribution in [1.29, 1.82) is 0 Å². The summed E-state index contributed by atoms with van der Waals surface area (Å²) in [6.45, 7) is 1.95. The molecule has 0 spiro atoms. The van der Waals surface area contributed by atoms with Gasteiger partial charge in [-0.1, -0.05) is 30.3 Å². The van der Waals surface area contributed by atoms with E-state index in [4.69, 9.17) is 0 Å². The van der Waals surface area contributed by atoms with Gasteiger partial charge in [0.15, 0.2) is 0 Å². The van der Waals surface area contributed by atoms with Crippen molar-refractivity contribution < 1.29 is 4.79 Å². The van der Waals surface area contributed by atoms with Crippen molar-refractivity contribution in [3.8, 4) is 0 Å². The highest BCUT2D eigenvalue weighted by Crippen LogP contribution is 2.18. The number of thioether (sulfide) groups is 1. The summed E-state index contributed by atoms with van der Waals surface area (Å²) in [5.41, 5.74) is 1.26. The summed E-state index contributed by atoms with van der Waals surface area (Å²) < 4.78 is 0. The quantitative estimate of drug-likeness (QED) is 0.781. The number of rotatable bonds is 4. The number of amides is 1. The zero-order valence-electron chi connectivity index (χ0n) is 9.43. The Kier molecular flexibility index (Phi) is 4.69. The molecule has 0 fully saturated rings. The van der Waals surface area contributed by atoms with Gasteiger partial charge in [0.2, 0.25) is 5.91 Å². The SMILES string of the molecule is C[C@H](SCc1ccccc1)C(=O)N(C)C. The summed E-state index contributed by atoms with van der Waals surface area (Å²) in [7, 11) is 3.59. The van der Waals surface area contributed by atoms with E-state index in [9.17, 15) is 4.79 Å². The second-order valence-corrected chi connectivity index (χ2v) is 5.00. The van der Waals surface area contributed by atoms with Crippen molar-refractivity contribution in [1.82, 2.24) is 4.90 Å². The Morgan fingerprint density at radius 1 is 1.33 bits per heavy atom. The lowest BCUT2D eigenvalue weighted by molar-refractivity contribution is -0.127. The molecule has 82 valence electrons. The molecular formula is C12H17NOS. The van der Waals surface area contributed by atoms with Crippen LogP contribution in [0.15, 0.2) is 30.3 Å². The number of hydrogen-bond acceptors (Lipinski definition) is 2. The minimum Gasteiger partial charge on any atom is -0.348 e. The van der Waals surface area contributed by atoms with E-state index in [-0.39, 0.29) is 11.2 Å². The van der Waals surface area contributed by atoms with Crippen molar-refractivity contribution in [3.63, 3.8) is 0 Å². The van der Waals surface area contributed by atoms with Gasteiger partial charge in [0.25, 0.3) is 0 Å². The molecule has 0 N–H and O–H groups in total. The Bertz CT molecular complexity index is 311. The molecule has 2 nitrogen and oxygen atoms in total. The molecule has 0 aliphatic carbocycles. The minimum absolute atomic E-state index is 0.0280. The molecule has 1 amide bonds. The number of benzene rings is 1. The second-order valence-electron chi connectivity index (χ2n) is 3.67. The van der Waals surface area contributed by atoms with Gasteiger partial charge in [-0.2, -0.15) is 0 Å². The molecule has 1 aromatic carbocycles. The monoisotopic (exact) mass is 223 g/mol. The molecule has 3 heteroatoms. The summed E-state index contributed by atoms with van der Waals surface area (Å²) in [5, 5.41) is 0.0280. The number of carbonyl (C=O) groups excluding carboxylic acids is 1. The molecule has 0 aliphatic heterocycles. The van der Waals surface area contributed by atoms with Crippen LogP contribution in [-0.4, -0.2) is 30.2 Å². The molecule has 0 unspecified atom stereocenters. The maximum atomic E-state index is 11.6.